The predicted octanol–water partition coefficient (Wildman–Crippen LogP) is -1.51. The number of nitrogens with one attached hydrogen (secondary N) is 1. The summed E-state index contributed by atoms with van der Waals surface area (Å²) in [4.78, 5) is 14.2. The molecule has 0 fully saturated rings. The van der Waals surface area contributed by atoms with Crippen molar-refractivity contribution < 1.29 is 13.2 Å². The number of hydrogen-bond acceptors (Lipinski definition) is 4. The summed E-state index contributed by atoms with van der Waals surface area (Å²) >= 11 is 0. The van der Waals surface area contributed by atoms with Gasteiger partial charge in [-0.1, -0.05) is 0 Å². The van der Waals surface area contributed by atoms with Crippen molar-refractivity contribution in [2.75, 3.05) is 6.54 Å². The molecule has 0 aliphatic heterocycles. The van der Waals surface area contributed by atoms with Gasteiger partial charge < -0.3 is 10.3 Å². The molecule has 1 heterocycles. The lowest BCUT2D eigenvalue weighted by Gasteiger charge is -2.00. The van der Waals surface area contributed by atoms with Crippen molar-refractivity contribution in [3.8, 4) is 0 Å². The van der Waals surface area contributed by atoms with E-state index in [-0.39, 0.29) is 5.03 Å². The van der Waals surface area contributed by atoms with Gasteiger partial charge in [0.1, 0.15) is 5.82 Å². The van der Waals surface area contributed by atoms with Crippen LogP contribution in [0.15, 0.2) is 11.2 Å². The Kier molecular flexibility index (Phi) is 3.10. The number of nitrogens with two attached hydrogens (primary N) is 1. The molecule has 0 bridgehead atoms. The first-order chi connectivity index (χ1) is 6.83. The van der Waals surface area contributed by atoms with Gasteiger partial charge in [0.2, 0.25) is 5.91 Å². The number of rotatable bonds is 4. The van der Waals surface area contributed by atoms with E-state index >= 15 is 0 Å². The Morgan fingerprint density at radius 2 is 2.27 bits per heavy atom. The molecule has 0 atom stereocenters. The number of carbonyl (C=O) groups excluding carboxylic acids is 1. The topological polar surface area (TPSA) is 107 Å². The highest BCUT2D eigenvalue weighted by molar-refractivity contribution is 7.89. The van der Waals surface area contributed by atoms with Crippen LogP contribution in [0.1, 0.15) is 5.82 Å². The summed E-state index contributed by atoms with van der Waals surface area (Å²) in [7, 11) is -2.06. The van der Waals surface area contributed by atoms with E-state index in [1.54, 1.807) is 18.5 Å². The third-order valence-electron chi connectivity index (χ3n) is 1.80. The zero-order chi connectivity index (χ0) is 11.6. The van der Waals surface area contributed by atoms with Crippen LogP contribution in [-0.4, -0.2) is 30.4 Å². The maximum Gasteiger partial charge on any atom is 0.260 e. The fourth-order valence-electron chi connectivity index (χ4n) is 0.896. The molecule has 0 aliphatic carbocycles. The molecule has 0 saturated heterocycles. The van der Waals surface area contributed by atoms with Crippen molar-refractivity contribution >= 4 is 15.9 Å². The summed E-state index contributed by atoms with van der Waals surface area (Å²) in [6.07, 6.45) is 1.36. The van der Waals surface area contributed by atoms with Gasteiger partial charge in [-0.05, 0) is 6.92 Å². The first kappa shape index (κ1) is 11.7. The molecule has 1 aromatic rings. The van der Waals surface area contributed by atoms with Gasteiger partial charge in [0, 0.05) is 13.2 Å². The third kappa shape index (κ3) is 2.77. The molecule has 8 heteroatoms. The molecule has 0 saturated carbocycles. The molecule has 0 aromatic carbocycles. The minimum Gasteiger partial charge on any atom is -0.369 e. The average Bonchev–Trinajstić information content (AvgIpc) is 2.45. The lowest BCUT2D eigenvalue weighted by Crippen LogP contribution is -2.33. The van der Waals surface area contributed by atoms with Crippen LogP contribution >= 0.6 is 0 Å². The van der Waals surface area contributed by atoms with Gasteiger partial charge in [-0.2, -0.15) is 0 Å². The highest BCUT2D eigenvalue weighted by Gasteiger charge is 2.18. The second-order valence-electron chi connectivity index (χ2n) is 3.03. The van der Waals surface area contributed by atoms with Crippen LogP contribution in [0.25, 0.3) is 0 Å². The molecular formula is C7H12N4O3S. The first-order valence-electron chi connectivity index (χ1n) is 4.11. The number of carbonyl (C=O) groups is 1. The summed E-state index contributed by atoms with van der Waals surface area (Å²) in [5.41, 5.74) is 4.82. The molecule has 1 amide bonds. The van der Waals surface area contributed by atoms with Crippen LogP contribution in [0.5, 0.6) is 0 Å². The zero-order valence-corrected chi connectivity index (χ0v) is 9.21. The number of aryl methyl sites for hydroxylation is 2. The summed E-state index contributed by atoms with van der Waals surface area (Å²) in [6, 6.07) is 0. The molecule has 1 rings (SSSR count). The Balaban J connectivity index is 2.91. The van der Waals surface area contributed by atoms with Crippen molar-refractivity contribution in [1.82, 2.24) is 14.3 Å². The average molecular weight is 232 g/mol. The monoisotopic (exact) mass is 232 g/mol. The van der Waals surface area contributed by atoms with Gasteiger partial charge in [-0.15, -0.1) is 0 Å². The molecule has 0 spiro atoms. The SMILES string of the molecule is Cc1nc(S(=O)(=O)NCC(N)=O)cn1C. The summed E-state index contributed by atoms with van der Waals surface area (Å²) in [5, 5.41) is -0.122. The summed E-state index contributed by atoms with van der Waals surface area (Å²) in [5.74, 6) is -0.180. The van der Waals surface area contributed by atoms with Gasteiger partial charge in [0.05, 0.1) is 6.54 Å². The van der Waals surface area contributed by atoms with Crippen molar-refractivity contribution in [3.63, 3.8) is 0 Å². The van der Waals surface area contributed by atoms with Crippen molar-refractivity contribution in [2.24, 2.45) is 12.8 Å². The molecular weight excluding hydrogens is 220 g/mol. The number of aromatic nitrogens is 2. The van der Waals surface area contributed by atoms with Gasteiger partial charge >= 0.3 is 0 Å². The number of sulfonamides is 1. The lowest BCUT2D eigenvalue weighted by molar-refractivity contribution is -0.116. The Bertz CT molecular complexity index is 457. The van der Waals surface area contributed by atoms with Crippen LogP contribution in [0.2, 0.25) is 0 Å². The molecule has 0 unspecified atom stereocenters. The Hall–Kier alpha value is -1.41. The first-order valence-corrected chi connectivity index (χ1v) is 5.59. The van der Waals surface area contributed by atoms with E-state index in [4.69, 9.17) is 5.73 Å². The van der Waals surface area contributed by atoms with E-state index in [0.29, 0.717) is 5.82 Å². The molecule has 7 nitrogen and oxygen atoms in total. The third-order valence-corrected chi connectivity index (χ3v) is 3.07. The van der Waals surface area contributed by atoms with Crippen LogP contribution in [0.4, 0.5) is 0 Å². The molecule has 84 valence electrons. The van der Waals surface area contributed by atoms with Crippen molar-refractivity contribution in [3.05, 3.63) is 12.0 Å². The minimum absolute atomic E-state index is 0.122. The van der Waals surface area contributed by atoms with E-state index in [9.17, 15) is 13.2 Å². The Morgan fingerprint density at radius 3 is 2.67 bits per heavy atom. The molecule has 1 aromatic heterocycles. The normalized spacial score (nSPS) is 11.6. The second-order valence-corrected chi connectivity index (χ2v) is 4.74. The number of amides is 1. The maximum absolute atomic E-state index is 11.5. The number of hydrogen-bond donors (Lipinski definition) is 2. The zero-order valence-electron chi connectivity index (χ0n) is 8.39. The van der Waals surface area contributed by atoms with Crippen LogP contribution in [-0.2, 0) is 21.9 Å². The Labute approximate surface area is 87.3 Å². The van der Waals surface area contributed by atoms with Gasteiger partial charge in [-0.3, -0.25) is 4.79 Å². The highest BCUT2D eigenvalue weighted by Crippen LogP contribution is 2.06. The van der Waals surface area contributed by atoms with Crippen LogP contribution in [0, 0.1) is 6.92 Å². The maximum atomic E-state index is 11.5. The smallest absolute Gasteiger partial charge is 0.260 e. The van der Waals surface area contributed by atoms with Crippen molar-refractivity contribution in [1.29, 1.82) is 0 Å². The molecule has 15 heavy (non-hydrogen) atoms. The van der Waals surface area contributed by atoms with Crippen LogP contribution < -0.4 is 10.5 Å². The van der Waals surface area contributed by atoms with Crippen LogP contribution in [0.3, 0.4) is 0 Å². The largest absolute Gasteiger partial charge is 0.369 e. The van der Waals surface area contributed by atoms with E-state index in [0.717, 1.165) is 0 Å². The van der Waals surface area contributed by atoms with Gasteiger partial charge in [0.25, 0.3) is 10.0 Å². The molecule has 0 radical (unpaired) electrons. The molecule has 0 aliphatic rings. The van der Waals surface area contributed by atoms with Gasteiger partial charge in [0.15, 0.2) is 5.03 Å². The minimum atomic E-state index is -3.74. The van der Waals surface area contributed by atoms with E-state index in [1.807, 2.05) is 4.72 Å². The predicted molar refractivity (Wildman–Crippen MR) is 52.3 cm³/mol. The summed E-state index contributed by atoms with van der Waals surface area (Å²) < 4.78 is 26.6. The van der Waals surface area contributed by atoms with Crippen molar-refractivity contribution in [2.45, 2.75) is 11.9 Å². The quantitative estimate of drug-likeness (QED) is 0.658. The van der Waals surface area contributed by atoms with E-state index < -0.39 is 22.5 Å². The van der Waals surface area contributed by atoms with Gasteiger partial charge in [-0.25, -0.2) is 18.1 Å². The standard InChI is InChI=1S/C7H12N4O3S/c1-5-10-7(4-11(5)2)15(13,14)9-3-6(8)12/h4,9H,3H2,1-2H3,(H2,8,12). The lowest BCUT2D eigenvalue weighted by atomic mass is 10.7. The second kappa shape index (κ2) is 3.99. The summed E-state index contributed by atoms with van der Waals surface area (Å²) in [6.45, 7) is 1.24. The fraction of sp³-hybridized carbons (Fsp3) is 0.429. The Morgan fingerprint density at radius 1 is 1.67 bits per heavy atom. The number of primary amides is 1. The van der Waals surface area contributed by atoms with E-state index in [2.05, 4.69) is 4.98 Å². The number of nitrogens with zero attached hydrogens (tertiary/aromatic N) is 2. The number of imidazole rings is 1. The highest BCUT2D eigenvalue weighted by atomic mass is 32.2. The molecule has 3 N–H and O–H groups in total. The van der Waals surface area contributed by atoms with E-state index in [1.165, 1.54) is 6.20 Å². The fourth-order valence-corrected chi connectivity index (χ4v) is 1.93.